The van der Waals surface area contributed by atoms with Crippen LogP contribution in [-0.2, 0) is 16.1 Å². The van der Waals surface area contributed by atoms with Gasteiger partial charge < -0.3 is 10.4 Å². The summed E-state index contributed by atoms with van der Waals surface area (Å²) in [6.07, 6.45) is -0.120. The third-order valence-electron chi connectivity index (χ3n) is 3.70. The molecule has 128 valence electrons. The van der Waals surface area contributed by atoms with Crippen LogP contribution in [-0.4, -0.2) is 32.8 Å². The average Bonchev–Trinajstić information content (AvgIpc) is 2.54. The second-order valence-electron chi connectivity index (χ2n) is 5.82. The van der Waals surface area contributed by atoms with Gasteiger partial charge in [0.15, 0.2) is 0 Å². The van der Waals surface area contributed by atoms with Crippen LogP contribution in [0.2, 0.25) is 0 Å². The van der Waals surface area contributed by atoms with Gasteiger partial charge in [-0.2, -0.15) is 0 Å². The van der Waals surface area contributed by atoms with E-state index in [0.717, 1.165) is 4.68 Å². The highest BCUT2D eigenvalue weighted by atomic mass is 16.4. The molecule has 1 aromatic carbocycles. The Labute approximate surface area is 137 Å². The van der Waals surface area contributed by atoms with Crippen LogP contribution >= 0.6 is 0 Å². The molecule has 1 atom stereocenters. The standard InChI is InChI=1S/C16H19N3O5/c1-9(2)13(16(23)24)17-12(20)7-8-19-15(22)11-6-4-3-5-10(11)14(21)18-19/h3-6,9,13H,7-8H2,1-2H3,(H,17,20)(H,18,21)(H,23,24)/t13-/m1/s1. The molecule has 1 heterocycles. The lowest BCUT2D eigenvalue weighted by Gasteiger charge is -2.18. The summed E-state index contributed by atoms with van der Waals surface area (Å²) in [6.45, 7) is 3.32. The Hall–Kier alpha value is -2.90. The van der Waals surface area contributed by atoms with E-state index in [-0.39, 0.29) is 29.7 Å². The van der Waals surface area contributed by atoms with E-state index in [4.69, 9.17) is 5.11 Å². The molecule has 2 rings (SSSR count). The van der Waals surface area contributed by atoms with E-state index in [1.807, 2.05) is 0 Å². The maximum atomic E-state index is 12.3. The summed E-state index contributed by atoms with van der Waals surface area (Å²) >= 11 is 0. The number of hydrogen-bond acceptors (Lipinski definition) is 4. The van der Waals surface area contributed by atoms with Crippen molar-refractivity contribution in [2.24, 2.45) is 5.92 Å². The average molecular weight is 333 g/mol. The molecule has 0 saturated heterocycles. The Bertz CT molecular complexity index is 881. The highest BCUT2D eigenvalue weighted by Crippen LogP contribution is 2.04. The van der Waals surface area contributed by atoms with Crippen LogP contribution in [0.4, 0.5) is 0 Å². The van der Waals surface area contributed by atoms with Crippen LogP contribution in [0.1, 0.15) is 20.3 Å². The molecule has 0 spiro atoms. The van der Waals surface area contributed by atoms with Gasteiger partial charge >= 0.3 is 5.97 Å². The molecular weight excluding hydrogens is 314 g/mol. The van der Waals surface area contributed by atoms with E-state index in [0.29, 0.717) is 0 Å². The normalized spacial score (nSPS) is 12.3. The largest absolute Gasteiger partial charge is 0.480 e. The number of fused-ring (bicyclic) bond motifs is 1. The van der Waals surface area contributed by atoms with Crippen molar-refractivity contribution in [1.82, 2.24) is 15.1 Å². The van der Waals surface area contributed by atoms with Crippen molar-refractivity contribution in [2.75, 3.05) is 0 Å². The fourth-order valence-electron chi connectivity index (χ4n) is 2.38. The molecule has 0 unspecified atom stereocenters. The number of aromatic nitrogens is 2. The number of carbonyl (C=O) groups excluding carboxylic acids is 1. The van der Waals surface area contributed by atoms with Gasteiger partial charge in [-0.3, -0.25) is 19.5 Å². The molecule has 0 aliphatic rings. The maximum absolute atomic E-state index is 12.3. The predicted octanol–water partition coefficient (Wildman–Crippen LogP) is 0.305. The summed E-state index contributed by atoms with van der Waals surface area (Å²) in [5, 5.41) is 14.5. The first-order valence-electron chi connectivity index (χ1n) is 7.55. The van der Waals surface area contributed by atoms with E-state index >= 15 is 0 Å². The summed E-state index contributed by atoms with van der Waals surface area (Å²) in [5.41, 5.74) is -0.826. The zero-order valence-corrected chi connectivity index (χ0v) is 13.4. The molecule has 2 aromatic rings. The molecule has 0 fully saturated rings. The number of benzene rings is 1. The number of aromatic amines is 1. The summed E-state index contributed by atoms with van der Waals surface area (Å²) in [4.78, 5) is 47.3. The number of H-pyrrole nitrogens is 1. The highest BCUT2D eigenvalue weighted by molar-refractivity contribution is 5.83. The van der Waals surface area contributed by atoms with Crippen LogP contribution in [0.3, 0.4) is 0 Å². The number of aliphatic carboxylic acids is 1. The fraction of sp³-hybridized carbons (Fsp3) is 0.375. The lowest BCUT2D eigenvalue weighted by Crippen LogP contribution is -2.44. The van der Waals surface area contributed by atoms with Crippen molar-refractivity contribution in [3.63, 3.8) is 0 Å². The quantitative estimate of drug-likeness (QED) is 0.702. The van der Waals surface area contributed by atoms with Crippen molar-refractivity contribution in [3.8, 4) is 0 Å². The number of rotatable bonds is 6. The molecule has 24 heavy (non-hydrogen) atoms. The molecule has 0 aliphatic heterocycles. The molecule has 0 radical (unpaired) electrons. The number of aryl methyl sites for hydroxylation is 1. The summed E-state index contributed by atoms with van der Waals surface area (Å²) < 4.78 is 1.06. The van der Waals surface area contributed by atoms with E-state index in [2.05, 4.69) is 10.4 Å². The number of carboxylic acid groups (broad SMARTS) is 1. The van der Waals surface area contributed by atoms with Crippen molar-refractivity contribution >= 4 is 22.6 Å². The van der Waals surface area contributed by atoms with E-state index in [1.54, 1.807) is 38.1 Å². The number of nitrogens with one attached hydrogen (secondary N) is 2. The number of carboxylic acids is 1. The van der Waals surface area contributed by atoms with E-state index in [1.165, 1.54) is 0 Å². The fourth-order valence-corrected chi connectivity index (χ4v) is 2.38. The van der Waals surface area contributed by atoms with Gasteiger partial charge in [0.25, 0.3) is 11.1 Å². The van der Waals surface area contributed by atoms with Crippen molar-refractivity contribution in [1.29, 1.82) is 0 Å². The van der Waals surface area contributed by atoms with Gasteiger partial charge in [-0.25, -0.2) is 9.48 Å². The SMILES string of the molecule is CC(C)[C@@H](NC(=O)CCn1[nH]c(=O)c2ccccc2c1=O)C(=O)O. The van der Waals surface area contributed by atoms with Gasteiger partial charge in [0.1, 0.15) is 6.04 Å². The van der Waals surface area contributed by atoms with Crippen molar-refractivity contribution in [3.05, 3.63) is 45.0 Å². The summed E-state index contributed by atoms with van der Waals surface area (Å²) in [7, 11) is 0. The molecule has 8 nitrogen and oxygen atoms in total. The molecule has 3 N–H and O–H groups in total. The van der Waals surface area contributed by atoms with E-state index in [9.17, 15) is 19.2 Å². The minimum atomic E-state index is -1.12. The molecular formula is C16H19N3O5. The zero-order valence-electron chi connectivity index (χ0n) is 13.4. The minimum Gasteiger partial charge on any atom is -0.480 e. The molecule has 1 aromatic heterocycles. The second-order valence-corrected chi connectivity index (χ2v) is 5.82. The van der Waals surface area contributed by atoms with Gasteiger partial charge in [-0.15, -0.1) is 0 Å². The molecule has 0 saturated carbocycles. The number of nitrogens with zero attached hydrogens (tertiary/aromatic N) is 1. The van der Waals surface area contributed by atoms with Crippen LogP contribution in [0, 0.1) is 5.92 Å². The first kappa shape index (κ1) is 17.5. The number of hydrogen-bond donors (Lipinski definition) is 3. The Morgan fingerprint density at radius 1 is 1.21 bits per heavy atom. The highest BCUT2D eigenvalue weighted by Gasteiger charge is 2.23. The van der Waals surface area contributed by atoms with Crippen LogP contribution in [0.15, 0.2) is 33.9 Å². The zero-order chi connectivity index (χ0) is 17.9. The van der Waals surface area contributed by atoms with Gasteiger partial charge in [0.05, 0.1) is 17.3 Å². The van der Waals surface area contributed by atoms with Crippen molar-refractivity contribution in [2.45, 2.75) is 32.9 Å². The first-order chi connectivity index (χ1) is 11.3. The Morgan fingerprint density at radius 2 is 1.83 bits per heavy atom. The predicted molar refractivity (Wildman–Crippen MR) is 87.9 cm³/mol. The number of carbonyl (C=O) groups is 2. The molecule has 1 amide bonds. The second kappa shape index (κ2) is 7.12. The Morgan fingerprint density at radius 3 is 2.42 bits per heavy atom. The third kappa shape index (κ3) is 3.70. The topological polar surface area (TPSA) is 121 Å². The van der Waals surface area contributed by atoms with Gasteiger partial charge in [0.2, 0.25) is 5.91 Å². The van der Waals surface area contributed by atoms with Crippen molar-refractivity contribution < 1.29 is 14.7 Å². The Balaban J connectivity index is 2.15. The number of amides is 1. The molecule has 0 bridgehead atoms. The maximum Gasteiger partial charge on any atom is 0.326 e. The first-order valence-corrected chi connectivity index (χ1v) is 7.55. The van der Waals surface area contributed by atoms with Gasteiger partial charge in [-0.05, 0) is 18.1 Å². The van der Waals surface area contributed by atoms with E-state index < -0.39 is 29.0 Å². The van der Waals surface area contributed by atoms with Gasteiger partial charge in [-0.1, -0.05) is 26.0 Å². The monoisotopic (exact) mass is 333 g/mol. The lowest BCUT2D eigenvalue weighted by atomic mass is 10.0. The summed E-state index contributed by atoms with van der Waals surface area (Å²) in [5.74, 6) is -1.89. The third-order valence-corrected chi connectivity index (χ3v) is 3.70. The minimum absolute atomic E-state index is 0.0465. The van der Waals surface area contributed by atoms with Crippen LogP contribution in [0.25, 0.3) is 10.8 Å². The Kier molecular flexibility index (Phi) is 5.18. The van der Waals surface area contributed by atoms with Gasteiger partial charge in [0, 0.05) is 6.42 Å². The molecule has 0 aliphatic carbocycles. The van der Waals surface area contributed by atoms with Crippen LogP contribution < -0.4 is 16.4 Å². The smallest absolute Gasteiger partial charge is 0.326 e. The lowest BCUT2D eigenvalue weighted by molar-refractivity contribution is -0.143. The van der Waals surface area contributed by atoms with Crippen LogP contribution in [0.5, 0.6) is 0 Å². The summed E-state index contributed by atoms with van der Waals surface area (Å²) in [6, 6.07) is 5.41. The molecule has 8 heteroatoms.